The average Bonchev–Trinajstić information content (AvgIpc) is 2.59. The second-order valence-corrected chi connectivity index (χ2v) is 5.79. The van der Waals surface area contributed by atoms with E-state index in [1.54, 1.807) is 27.7 Å². The Labute approximate surface area is 142 Å². The van der Waals surface area contributed by atoms with Gasteiger partial charge in [0.25, 0.3) is 5.91 Å². The smallest absolute Gasteiger partial charge is 0.252 e. The van der Waals surface area contributed by atoms with Crippen LogP contribution in [-0.2, 0) is 19.2 Å². The van der Waals surface area contributed by atoms with Crippen molar-refractivity contribution in [3.63, 3.8) is 0 Å². The van der Waals surface area contributed by atoms with Crippen molar-refractivity contribution >= 4 is 23.4 Å². The number of rotatable bonds is 6. The zero-order valence-electron chi connectivity index (χ0n) is 14.9. The van der Waals surface area contributed by atoms with E-state index in [1.807, 2.05) is 0 Å². The van der Waals surface area contributed by atoms with Crippen molar-refractivity contribution in [1.29, 1.82) is 0 Å². The number of nitrogens with zero attached hydrogens (tertiary/aromatic N) is 2. The van der Waals surface area contributed by atoms with E-state index in [0.717, 1.165) is 5.12 Å². The van der Waals surface area contributed by atoms with E-state index in [1.165, 1.54) is 5.01 Å². The molecule has 1 rings (SSSR count). The molecule has 136 valence electrons. The van der Waals surface area contributed by atoms with Gasteiger partial charge in [-0.3, -0.25) is 24.2 Å². The topological polar surface area (TPSA) is 98.8 Å². The Kier molecular flexibility index (Phi) is 8.00. The Balaban J connectivity index is 3.12. The molecule has 1 aliphatic rings. The maximum Gasteiger partial charge on any atom is 0.252 e. The van der Waals surface area contributed by atoms with E-state index < -0.39 is 12.0 Å². The van der Waals surface area contributed by atoms with Crippen LogP contribution in [-0.4, -0.2) is 46.1 Å². The van der Waals surface area contributed by atoms with Crippen LogP contribution in [0.1, 0.15) is 59.8 Å². The van der Waals surface area contributed by atoms with Crippen molar-refractivity contribution in [3.8, 4) is 0 Å². The summed E-state index contributed by atoms with van der Waals surface area (Å²) in [5.41, 5.74) is 5.58. The van der Waals surface area contributed by atoms with Gasteiger partial charge in [-0.05, 0) is 6.42 Å². The van der Waals surface area contributed by atoms with Crippen molar-refractivity contribution < 1.29 is 19.2 Å². The minimum atomic E-state index is -0.641. The number of ketones is 2. The molecule has 2 unspecified atom stereocenters. The molecule has 2 amide bonds. The summed E-state index contributed by atoms with van der Waals surface area (Å²) in [6.45, 7) is 7.05. The molecule has 0 bridgehead atoms. The SMILES string of the molecule is CCC(=O)C1CC(C(=O)CC)NN(C(=O)CC)NN(C(=O)CC)C1. The lowest BCUT2D eigenvalue weighted by molar-refractivity contribution is -0.160. The summed E-state index contributed by atoms with van der Waals surface area (Å²) >= 11 is 0. The average molecular weight is 340 g/mol. The molecule has 1 aliphatic heterocycles. The number of amides is 2. The van der Waals surface area contributed by atoms with Crippen molar-refractivity contribution in [2.24, 2.45) is 5.92 Å². The van der Waals surface area contributed by atoms with Gasteiger partial charge in [-0.25, -0.2) is 5.43 Å². The van der Waals surface area contributed by atoms with E-state index in [9.17, 15) is 19.2 Å². The first kappa shape index (κ1) is 20.2. The number of hydrogen-bond donors (Lipinski definition) is 2. The molecule has 0 saturated carbocycles. The molecule has 2 N–H and O–H groups in total. The summed E-state index contributed by atoms with van der Waals surface area (Å²) in [6, 6.07) is -0.641. The first-order valence-corrected chi connectivity index (χ1v) is 8.58. The van der Waals surface area contributed by atoms with Gasteiger partial charge in [0, 0.05) is 38.1 Å². The molecule has 2 atom stereocenters. The van der Waals surface area contributed by atoms with Gasteiger partial charge in [0.05, 0.1) is 6.04 Å². The van der Waals surface area contributed by atoms with Crippen LogP contribution in [0, 0.1) is 5.92 Å². The third-order valence-corrected chi connectivity index (χ3v) is 4.13. The maximum atomic E-state index is 12.2. The Morgan fingerprint density at radius 3 is 1.96 bits per heavy atom. The predicted molar refractivity (Wildman–Crippen MR) is 87.9 cm³/mol. The second kappa shape index (κ2) is 9.48. The summed E-state index contributed by atoms with van der Waals surface area (Å²) in [6.07, 6.45) is 1.35. The third-order valence-electron chi connectivity index (χ3n) is 4.13. The highest BCUT2D eigenvalue weighted by Crippen LogP contribution is 2.17. The van der Waals surface area contributed by atoms with E-state index >= 15 is 0 Å². The van der Waals surface area contributed by atoms with Crippen LogP contribution in [0.2, 0.25) is 0 Å². The molecular formula is C16H28N4O4. The van der Waals surface area contributed by atoms with E-state index in [0.29, 0.717) is 12.8 Å². The summed E-state index contributed by atoms with van der Waals surface area (Å²) < 4.78 is 0. The first-order valence-electron chi connectivity index (χ1n) is 8.58. The molecule has 0 spiro atoms. The first-order chi connectivity index (χ1) is 11.4. The number of nitrogens with one attached hydrogen (secondary N) is 2. The molecule has 8 nitrogen and oxygen atoms in total. The molecule has 0 aromatic rings. The monoisotopic (exact) mass is 340 g/mol. The predicted octanol–water partition coefficient (Wildman–Crippen LogP) is 0.735. The highest BCUT2D eigenvalue weighted by Gasteiger charge is 2.34. The zero-order chi connectivity index (χ0) is 18.3. The van der Waals surface area contributed by atoms with Crippen LogP contribution >= 0.6 is 0 Å². The lowest BCUT2D eigenvalue weighted by Crippen LogP contribution is -2.66. The van der Waals surface area contributed by atoms with E-state index in [4.69, 9.17) is 0 Å². The molecule has 0 radical (unpaired) electrons. The number of carbonyl (C=O) groups excluding carboxylic acids is 4. The summed E-state index contributed by atoms with van der Waals surface area (Å²) in [4.78, 5) is 48.7. The molecule has 24 heavy (non-hydrogen) atoms. The highest BCUT2D eigenvalue weighted by atomic mass is 16.2. The zero-order valence-corrected chi connectivity index (χ0v) is 14.9. The number of Topliss-reactive ketones (excluding diaryl/α,β-unsaturated/α-hetero) is 2. The van der Waals surface area contributed by atoms with E-state index in [-0.39, 0.29) is 49.2 Å². The molecule has 1 fully saturated rings. The van der Waals surface area contributed by atoms with Crippen LogP contribution in [0.25, 0.3) is 0 Å². The van der Waals surface area contributed by atoms with Crippen LogP contribution < -0.4 is 11.0 Å². The van der Waals surface area contributed by atoms with Crippen molar-refractivity contribution in [2.45, 2.75) is 65.8 Å². The van der Waals surface area contributed by atoms with Crippen LogP contribution in [0.15, 0.2) is 0 Å². The fourth-order valence-electron chi connectivity index (χ4n) is 2.58. The summed E-state index contributed by atoms with van der Waals surface area (Å²) in [5.74, 6) is -1.05. The van der Waals surface area contributed by atoms with E-state index in [2.05, 4.69) is 11.0 Å². The second-order valence-electron chi connectivity index (χ2n) is 5.79. The van der Waals surface area contributed by atoms with Gasteiger partial charge < -0.3 is 0 Å². The van der Waals surface area contributed by atoms with Crippen molar-refractivity contribution in [3.05, 3.63) is 0 Å². The van der Waals surface area contributed by atoms with Crippen molar-refractivity contribution in [2.75, 3.05) is 6.54 Å². The van der Waals surface area contributed by atoms with Gasteiger partial charge >= 0.3 is 0 Å². The van der Waals surface area contributed by atoms with Crippen LogP contribution in [0.5, 0.6) is 0 Å². The number of hydrogen-bond acceptors (Lipinski definition) is 6. The fourth-order valence-corrected chi connectivity index (χ4v) is 2.58. The lowest BCUT2D eigenvalue weighted by atomic mass is 9.91. The van der Waals surface area contributed by atoms with Gasteiger partial charge in [0.2, 0.25) is 5.91 Å². The van der Waals surface area contributed by atoms with Crippen LogP contribution in [0.3, 0.4) is 0 Å². The molecule has 1 saturated heterocycles. The third kappa shape index (κ3) is 5.10. The molecular weight excluding hydrogens is 312 g/mol. The molecule has 0 aromatic heterocycles. The van der Waals surface area contributed by atoms with Gasteiger partial charge in [0.1, 0.15) is 5.78 Å². The standard InChI is InChI=1S/C16H28N4O4/c1-5-13(21)11-9-12(14(22)6-2)17-20(16(24)8-4)18-19(10-11)15(23)7-3/h11-12,17-18H,5-10H2,1-4H3. The maximum absolute atomic E-state index is 12.2. The Bertz CT molecular complexity index is 398. The fraction of sp³-hybridized carbons (Fsp3) is 0.750. The Hall–Kier alpha value is -1.80. The number of carbonyl (C=O) groups is 4. The highest BCUT2D eigenvalue weighted by molar-refractivity contribution is 5.87. The quantitative estimate of drug-likeness (QED) is 0.740. The number of hydrazine groups is 3. The minimum Gasteiger partial charge on any atom is -0.299 e. The minimum absolute atomic E-state index is 0.00308. The largest absolute Gasteiger partial charge is 0.299 e. The summed E-state index contributed by atoms with van der Waals surface area (Å²) in [7, 11) is 0. The van der Waals surface area contributed by atoms with Gasteiger partial charge in [-0.2, -0.15) is 5.12 Å². The summed E-state index contributed by atoms with van der Waals surface area (Å²) in [5, 5.41) is 2.38. The molecule has 0 aliphatic carbocycles. The molecule has 1 heterocycles. The van der Waals surface area contributed by atoms with Crippen molar-refractivity contribution in [1.82, 2.24) is 21.1 Å². The van der Waals surface area contributed by atoms with Crippen LogP contribution in [0.4, 0.5) is 0 Å². The Morgan fingerprint density at radius 1 is 0.875 bits per heavy atom. The normalized spacial score (nSPS) is 21.8. The molecule has 8 heteroatoms. The Morgan fingerprint density at radius 2 is 1.46 bits per heavy atom. The van der Waals surface area contributed by atoms with Gasteiger partial charge in [0.15, 0.2) is 5.78 Å². The van der Waals surface area contributed by atoms with Gasteiger partial charge in [-0.15, -0.1) is 5.53 Å². The molecule has 0 aromatic carbocycles. The van der Waals surface area contributed by atoms with Gasteiger partial charge in [-0.1, -0.05) is 27.7 Å². The lowest BCUT2D eigenvalue weighted by Gasteiger charge is -2.38.